The molecule has 0 fully saturated rings. The maximum atomic E-state index is 12.7. The summed E-state index contributed by atoms with van der Waals surface area (Å²) in [6.07, 6.45) is 41.0. The number of esters is 3. The maximum Gasteiger partial charge on any atom is 0.306 e. The molecule has 6 nitrogen and oxygen atoms in total. The first kappa shape index (κ1) is 53.4. The van der Waals surface area contributed by atoms with Crippen LogP contribution in [-0.2, 0) is 28.6 Å². The van der Waals surface area contributed by atoms with Crippen LogP contribution in [0, 0.1) is 11.8 Å². The van der Waals surface area contributed by atoms with Crippen LogP contribution in [0.15, 0.2) is 0 Å². The predicted octanol–water partition coefficient (Wildman–Crippen LogP) is 15.4. The third-order valence-electron chi connectivity index (χ3n) is 11.0. The van der Waals surface area contributed by atoms with Crippen LogP contribution in [-0.4, -0.2) is 37.2 Å². The van der Waals surface area contributed by atoms with Gasteiger partial charge in [0.25, 0.3) is 0 Å². The minimum absolute atomic E-state index is 0.0652. The highest BCUT2D eigenvalue weighted by Gasteiger charge is 2.19. The molecular formula is C49H94O6. The number of rotatable bonds is 43. The van der Waals surface area contributed by atoms with Gasteiger partial charge in [-0.2, -0.15) is 0 Å². The van der Waals surface area contributed by atoms with E-state index in [0.717, 1.165) is 69.6 Å². The topological polar surface area (TPSA) is 78.9 Å². The molecule has 0 unspecified atom stereocenters. The number of hydrogen-bond donors (Lipinski definition) is 0. The highest BCUT2D eigenvalue weighted by molar-refractivity contribution is 5.71. The van der Waals surface area contributed by atoms with Crippen LogP contribution >= 0.6 is 0 Å². The fourth-order valence-corrected chi connectivity index (χ4v) is 7.28. The Morgan fingerprint density at radius 3 is 0.891 bits per heavy atom. The van der Waals surface area contributed by atoms with E-state index in [1.54, 1.807) is 0 Å². The predicted molar refractivity (Wildman–Crippen MR) is 233 cm³/mol. The molecule has 0 aromatic rings. The molecule has 1 atom stereocenters. The molecule has 326 valence electrons. The van der Waals surface area contributed by atoms with Gasteiger partial charge in [-0.05, 0) is 31.1 Å². The lowest BCUT2D eigenvalue weighted by atomic mass is 10.0. The molecule has 0 saturated heterocycles. The molecule has 0 spiro atoms. The van der Waals surface area contributed by atoms with Crippen LogP contribution in [0.25, 0.3) is 0 Å². The van der Waals surface area contributed by atoms with E-state index in [-0.39, 0.29) is 31.1 Å². The molecule has 0 radical (unpaired) electrons. The standard InChI is InChI=1S/C49H94O6/c1-6-7-8-9-10-11-12-13-17-20-23-29-34-39-47(50)53-42-46(55-49(52)41-36-31-26-25-28-33-38-45(4)5)43-54-48(51)40-35-30-24-21-18-15-14-16-19-22-27-32-37-44(2)3/h44-46H,6-43H2,1-5H3/t46-/m0/s1. The van der Waals surface area contributed by atoms with Crippen molar-refractivity contribution in [1.29, 1.82) is 0 Å². The van der Waals surface area contributed by atoms with Crippen molar-refractivity contribution < 1.29 is 28.6 Å². The van der Waals surface area contributed by atoms with Crippen LogP contribution < -0.4 is 0 Å². The lowest BCUT2D eigenvalue weighted by molar-refractivity contribution is -0.167. The second-order valence-electron chi connectivity index (χ2n) is 17.7. The Bertz CT molecular complexity index is 839. The fraction of sp³-hybridized carbons (Fsp3) is 0.939. The zero-order valence-corrected chi connectivity index (χ0v) is 37.6. The summed E-state index contributed by atoms with van der Waals surface area (Å²) < 4.78 is 16.7. The molecule has 0 aromatic heterocycles. The van der Waals surface area contributed by atoms with Crippen LogP contribution in [0.5, 0.6) is 0 Å². The summed E-state index contributed by atoms with van der Waals surface area (Å²) in [5.74, 6) is 0.735. The van der Waals surface area contributed by atoms with Crippen LogP contribution in [0.3, 0.4) is 0 Å². The fourth-order valence-electron chi connectivity index (χ4n) is 7.28. The minimum atomic E-state index is -0.761. The van der Waals surface area contributed by atoms with E-state index in [1.165, 1.54) is 154 Å². The molecule has 55 heavy (non-hydrogen) atoms. The van der Waals surface area contributed by atoms with Crippen molar-refractivity contribution in [2.45, 2.75) is 272 Å². The van der Waals surface area contributed by atoms with Gasteiger partial charge in [-0.3, -0.25) is 14.4 Å². The first-order valence-corrected chi connectivity index (χ1v) is 24.2. The van der Waals surface area contributed by atoms with Crippen molar-refractivity contribution >= 4 is 17.9 Å². The number of ether oxygens (including phenoxy) is 3. The summed E-state index contributed by atoms with van der Waals surface area (Å²) in [6.45, 7) is 11.3. The first-order chi connectivity index (χ1) is 26.7. The summed E-state index contributed by atoms with van der Waals surface area (Å²) in [7, 11) is 0. The number of carbonyl (C=O) groups is 3. The summed E-state index contributed by atoms with van der Waals surface area (Å²) in [4.78, 5) is 37.8. The summed E-state index contributed by atoms with van der Waals surface area (Å²) in [6, 6.07) is 0. The number of hydrogen-bond acceptors (Lipinski definition) is 6. The van der Waals surface area contributed by atoms with Gasteiger partial charge in [0, 0.05) is 19.3 Å². The van der Waals surface area contributed by atoms with Crippen molar-refractivity contribution in [2.24, 2.45) is 11.8 Å². The van der Waals surface area contributed by atoms with Crippen LogP contribution in [0.4, 0.5) is 0 Å². The van der Waals surface area contributed by atoms with E-state index in [4.69, 9.17) is 14.2 Å². The van der Waals surface area contributed by atoms with Gasteiger partial charge in [0.05, 0.1) is 0 Å². The van der Waals surface area contributed by atoms with E-state index >= 15 is 0 Å². The van der Waals surface area contributed by atoms with Gasteiger partial charge in [-0.1, -0.05) is 227 Å². The van der Waals surface area contributed by atoms with E-state index in [2.05, 4.69) is 34.6 Å². The molecule has 0 aliphatic rings. The highest BCUT2D eigenvalue weighted by atomic mass is 16.6. The molecule has 0 bridgehead atoms. The Hall–Kier alpha value is -1.59. The smallest absolute Gasteiger partial charge is 0.306 e. The molecule has 0 aliphatic heterocycles. The van der Waals surface area contributed by atoms with E-state index in [0.29, 0.717) is 19.3 Å². The average Bonchev–Trinajstić information content (AvgIpc) is 3.15. The Kier molecular flexibility index (Phi) is 40.8. The third kappa shape index (κ3) is 43.4. The monoisotopic (exact) mass is 779 g/mol. The van der Waals surface area contributed by atoms with Crippen molar-refractivity contribution in [3.05, 3.63) is 0 Å². The molecular weight excluding hydrogens is 685 g/mol. The van der Waals surface area contributed by atoms with Gasteiger partial charge in [-0.15, -0.1) is 0 Å². The SMILES string of the molecule is CCCCCCCCCCCCCCCC(=O)OC[C@@H](COC(=O)CCCCCCCCCCCCCCC(C)C)OC(=O)CCCCCCCCC(C)C. The summed E-state index contributed by atoms with van der Waals surface area (Å²) >= 11 is 0. The maximum absolute atomic E-state index is 12.7. The lowest BCUT2D eigenvalue weighted by Crippen LogP contribution is -2.30. The summed E-state index contributed by atoms with van der Waals surface area (Å²) in [5.41, 5.74) is 0. The molecule has 0 rings (SSSR count). The number of carbonyl (C=O) groups excluding carboxylic acids is 3. The molecule has 0 aliphatic carbocycles. The summed E-state index contributed by atoms with van der Waals surface area (Å²) in [5, 5.41) is 0. The van der Waals surface area contributed by atoms with Crippen molar-refractivity contribution in [3.8, 4) is 0 Å². The Balaban J connectivity index is 4.27. The van der Waals surface area contributed by atoms with Crippen LogP contribution in [0.2, 0.25) is 0 Å². The molecule has 0 amide bonds. The lowest BCUT2D eigenvalue weighted by Gasteiger charge is -2.18. The van der Waals surface area contributed by atoms with Crippen molar-refractivity contribution in [1.82, 2.24) is 0 Å². The normalized spacial score (nSPS) is 12.1. The number of unbranched alkanes of at least 4 members (excludes halogenated alkanes) is 28. The molecule has 0 aromatic carbocycles. The van der Waals surface area contributed by atoms with E-state index < -0.39 is 6.10 Å². The quantitative estimate of drug-likeness (QED) is 0.0348. The molecule has 0 N–H and O–H groups in total. The van der Waals surface area contributed by atoms with Gasteiger partial charge in [0.1, 0.15) is 13.2 Å². The van der Waals surface area contributed by atoms with Gasteiger partial charge in [0.15, 0.2) is 6.10 Å². The van der Waals surface area contributed by atoms with E-state index in [9.17, 15) is 14.4 Å². The highest BCUT2D eigenvalue weighted by Crippen LogP contribution is 2.17. The molecule has 0 saturated carbocycles. The third-order valence-corrected chi connectivity index (χ3v) is 11.0. The van der Waals surface area contributed by atoms with E-state index in [1.807, 2.05) is 0 Å². The average molecular weight is 779 g/mol. The van der Waals surface area contributed by atoms with Crippen LogP contribution in [0.1, 0.15) is 266 Å². The van der Waals surface area contributed by atoms with Gasteiger partial charge >= 0.3 is 17.9 Å². The Morgan fingerprint density at radius 2 is 0.600 bits per heavy atom. The van der Waals surface area contributed by atoms with Gasteiger partial charge < -0.3 is 14.2 Å². The second kappa shape index (κ2) is 42.0. The second-order valence-corrected chi connectivity index (χ2v) is 17.7. The van der Waals surface area contributed by atoms with Gasteiger partial charge in [-0.25, -0.2) is 0 Å². The van der Waals surface area contributed by atoms with Crippen molar-refractivity contribution in [2.75, 3.05) is 13.2 Å². The van der Waals surface area contributed by atoms with Crippen molar-refractivity contribution in [3.63, 3.8) is 0 Å². The van der Waals surface area contributed by atoms with Gasteiger partial charge in [0.2, 0.25) is 0 Å². The largest absolute Gasteiger partial charge is 0.462 e. The Morgan fingerprint density at radius 1 is 0.345 bits per heavy atom. The molecule has 0 heterocycles. The minimum Gasteiger partial charge on any atom is -0.462 e. The molecule has 6 heteroatoms. The zero-order valence-electron chi connectivity index (χ0n) is 37.6. The Labute approximate surface area is 342 Å². The first-order valence-electron chi connectivity index (χ1n) is 24.2. The zero-order chi connectivity index (χ0) is 40.5.